The molecule has 1 aromatic carbocycles. The number of benzene rings is 1. The SMILES string of the molecule is CC=CN1CCC(NC(=O)c2ccc(N)c(OC)c2)CC1. The van der Waals surface area contributed by atoms with E-state index >= 15 is 0 Å². The van der Waals surface area contributed by atoms with E-state index in [2.05, 4.69) is 16.4 Å². The lowest BCUT2D eigenvalue weighted by molar-refractivity contribution is 0.0919. The van der Waals surface area contributed by atoms with Gasteiger partial charge in [0.15, 0.2) is 0 Å². The van der Waals surface area contributed by atoms with Crippen LogP contribution in [-0.4, -0.2) is 37.0 Å². The zero-order valence-corrected chi connectivity index (χ0v) is 12.6. The number of nitrogen functional groups attached to an aromatic ring is 1. The van der Waals surface area contributed by atoms with Crippen molar-refractivity contribution in [1.29, 1.82) is 0 Å². The number of ether oxygens (including phenoxy) is 1. The first kappa shape index (κ1) is 15.2. The molecule has 5 nitrogen and oxygen atoms in total. The van der Waals surface area contributed by atoms with Gasteiger partial charge in [0.1, 0.15) is 5.75 Å². The number of piperidine rings is 1. The summed E-state index contributed by atoms with van der Waals surface area (Å²) in [5.74, 6) is 0.461. The normalized spacial score (nSPS) is 16.2. The number of allylic oxidation sites excluding steroid dienone is 1. The predicted molar refractivity (Wildman–Crippen MR) is 84.3 cm³/mol. The summed E-state index contributed by atoms with van der Waals surface area (Å²) in [7, 11) is 1.55. The number of nitrogens with two attached hydrogens (primary N) is 1. The summed E-state index contributed by atoms with van der Waals surface area (Å²) in [4.78, 5) is 14.5. The van der Waals surface area contributed by atoms with Crippen molar-refractivity contribution in [1.82, 2.24) is 10.2 Å². The van der Waals surface area contributed by atoms with Crippen LogP contribution in [0.5, 0.6) is 5.75 Å². The summed E-state index contributed by atoms with van der Waals surface area (Å²) in [6.45, 7) is 3.96. The number of nitrogens with one attached hydrogen (secondary N) is 1. The highest BCUT2D eigenvalue weighted by Gasteiger charge is 2.19. The quantitative estimate of drug-likeness (QED) is 0.832. The first-order valence-electron chi connectivity index (χ1n) is 7.25. The van der Waals surface area contributed by atoms with E-state index in [4.69, 9.17) is 10.5 Å². The van der Waals surface area contributed by atoms with Crippen molar-refractivity contribution < 1.29 is 9.53 Å². The van der Waals surface area contributed by atoms with E-state index in [-0.39, 0.29) is 11.9 Å². The van der Waals surface area contributed by atoms with E-state index in [1.165, 1.54) is 0 Å². The Hall–Kier alpha value is -2.17. The Kier molecular flexibility index (Phi) is 5.09. The number of likely N-dealkylation sites (tertiary alicyclic amines) is 1. The molecule has 3 N–H and O–H groups in total. The largest absolute Gasteiger partial charge is 0.495 e. The van der Waals surface area contributed by atoms with Gasteiger partial charge in [0.05, 0.1) is 12.8 Å². The molecule has 0 aliphatic carbocycles. The average molecular weight is 289 g/mol. The molecular weight excluding hydrogens is 266 g/mol. The molecule has 1 fully saturated rings. The van der Waals surface area contributed by atoms with E-state index in [1.807, 2.05) is 13.0 Å². The summed E-state index contributed by atoms with van der Waals surface area (Å²) in [5.41, 5.74) is 6.88. The van der Waals surface area contributed by atoms with Crippen LogP contribution in [0.25, 0.3) is 0 Å². The molecule has 1 amide bonds. The van der Waals surface area contributed by atoms with Crippen molar-refractivity contribution in [3.8, 4) is 5.75 Å². The molecule has 0 aromatic heterocycles. The minimum absolute atomic E-state index is 0.0715. The van der Waals surface area contributed by atoms with E-state index in [1.54, 1.807) is 25.3 Å². The van der Waals surface area contributed by atoms with Crippen LogP contribution in [0.4, 0.5) is 5.69 Å². The van der Waals surface area contributed by atoms with E-state index in [0.29, 0.717) is 17.0 Å². The van der Waals surface area contributed by atoms with E-state index < -0.39 is 0 Å². The van der Waals surface area contributed by atoms with Gasteiger partial charge in [-0.3, -0.25) is 4.79 Å². The minimum atomic E-state index is -0.0715. The van der Waals surface area contributed by atoms with Crippen molar-refractivity contribution in [3.63, 3.8) is 0 Å². The Bertz CT molecular complexity index is 520. The number of methoxy groups -OCH3 is 1. The number of amides is 1. The lowest BCUT2D eigenvalue weighted by atomic mass is 10.0. The average Bonchev–Trinajstić information content (AvgIpc) is 2.50. The fourth-order valence-electron chi connectivity index (χ4n) is 2.52. The van der Waals surface area contributed by atoms with Gasteiger partial charge in [-0.1, -0.05) is 6.08 Å². The van der Waals surface area contributed by atoms with Crippen LogP contribution in [0.2, 0.25) is 0 Å². The van der Waals surface area contributed by atoms with Crippen molar-refractivity contribution in [2.75, 3.05) is 25.9 Å². The van der Waals surface area contributed by atoms with Gasteiger partial charge in [-0.2, -0.15) is 0 Å². The van der Waals surface area contributed by atoms with Gasteiger partial charge in [-0.25, -0.2) is 0 Å². The second kappa shape index (κ2) is 7.02. The van der Waals surface area contributed by atoms with Crippen molar-refractivity contribution >= 4 is 11.6 Å². The second-order valence-corrected chi connectivity index (χ2v) is 5.22. The van der Waals surface area contributed by atoms with Gasteiger partial charge in [0, 0.05) is 24.7 Å². The number of rotatable bonds is 4. The summed E-state index contributed by atoms with van der Waals surface area (Å²) in [5, 5.41) is 3.08. The number of hydrogen-bond donors (Lipinski definition) is 2. The lowest BCUT2D eigenvalue weighted by Gasteiger charge is -2.31. The minimum Gasteiger partial charge on any atom is -0.495 e. The van der Waals surface area contributed by atoms with Gasteiger partial charge < -0.3 is 20.7 Å². The van der Waals surface area contributed by atoms with Crippen molar-refractivity contribution in [2.24, 2.45) is 0 Å². The van der Waals surface area contributed by atoms with Crippen LogP contribution in [0.3, 0.4) is 0 Å². The molecule has 0 saturated carbocycles. The monoisotopic (exact) mass is 289 g/mol. The highest BCUT2D eigenvalue weighted by Crippen LogP contribution is 2.22. The maximum absolute atomic E-state index is 12.3. The lowest BCUT2D eigenvalue weighted by Crippen LogP contribution is -2.43. The number of hydrogen-bond acceptors (Lipinski definition) is 4. The van der Waals surface area contributed by atoms with Crippen molar-refractivity contribution in [2.45, 2.75) is 25.8 Å². The number of anilines is 1. The van der Waals surface area contributed by atoms with Crippen LogP contribution in [-0.2, 0) is 0 Å². The van der Waals surface area contributed by atoms with E-state index in [9.17, 15) is 4.79 Å². The maximum Gasteiger partial charge on any atom is 0.251 e. The molecule has 0 atom stereocenters. The zero-order valence-electron chi connectivity index (χ0n) is 12.6. The second-order valence-electron chi connectivity index (χ2n) is 5.22. The van der Waals surface area contributed by atoms with Crippen LogP contribution in [0.1, 0.15) is 30.1 Å². The molecule has 2 rings (SSSR count). The predicted octanol–water partition coefficient (Wildman–Crippen LogP) is 2.01. The fraction of sp³-hybridized carbons (Fsp3) is 0.438. The molecule has 1 heterocycles. The fourth-order valence-corrected chi connectivity index (χ4v) is 2.52. The van der Waals surface area contributed by atoms with E-state index in [0.717, 1.165) is 25.9 Å². The summed E-state index contributed by atoms with van der Waals surface area (Å²) in [6.07, 6.45) is 6.06. The molecule has 0 radical (unpaired) electrons. The molecular formula is C16H23N3O2. The first-order valence-corrected chi connectivity index (χ1v) is 7.25. The highest BCUT2D eigenvalue weighted by molar-refractivity contribution is 5.95. The number of carbonyl (C=O) groups excluding carboxylic acids is 1. The Morgan fingerprint density at radius 2 is 2.14 bits per heavy atom. The van der Waals surface area contributed by atoms with Crippen molar-refractivity contribution in [3.05, 3.63) is 36.0 Å². The third-order valence-corrected chi connectivity index (χ3v) is 3.72. The van der Waals surface area contributed by atoms with Crippen LogP contribution < -0.4 is 15.8 Å². The zero-order chi connectivity index (χ0) is 15.2. The van der Waals surface area contributed by atoms with Crippen LogP contribution in [0, 0.1) is 0 Å². The number of nitrogens with zero attached hydrogens (tertiary/aromatic N) is 1. The van der Waals surface area contributed by atoms with Gasteiger partial charge in [0.2, 0.25) is 0 Å². The summed E-state index contributed by atoms with van der Waals surface area (Å²) in [6, 6.07) is 5.33. The molecule has 1 aliphatic heterocycles. The molecule has 0 unspecified atom stereocenters. The van der Waals surface area contributed by atoms with Crippen LogP contribution in [0.15, 0.2) is 30.5 Å². The molecule has 114 valence electrons. The van der Waals surface area contributed by atoms with Gasteiger partial charge in [0.25, 0.3) is 5.91 Å². The molecule has 21 heavy (non-hydrogen) atoms. The standard InChI is InChI=1S/C16H23N3O2/c1-3-8-19-9-6-13(7-10-19)18-16(20)12-4-5-14(17)15(11-12)21-2/h3-5,8,11,13H,6-7,9-10,17H2,1-2H3,(H,18,20). The Balaban J connectivity index is 1.93. The maximum atomic E-state index is 12.3. The molecule has 1 aromatic rings. The number of carbonyl (C=O) groups is 1. The Labute approximate surface area is 125 Å². The van der Waals surface area contributed by atoms with Gasteiger partial charge >= 0.3 is 0 Å². The third-order valence-electron chi connectivity index (χ3n) is 3.72. The topological polar surface area (TPSA) is 67.6 Å². The van der Waals surface area contributed by atoms with Crippen LogP contribution >= 0.6 is 0 Å². The van der Waals surface area contributed by atoms with Gasteiger partial charge in [-0.15, -0.1) is 0 Å². The van der Waals surface area contributed by atoms with Gasteiger partial charge in [-0.05, 0) is 44.2 Å². The first-order chi connectivity index (χ1) is 10.1. The highest BCUT2D eigenvalue weighted by atomic mass is 16.5. The third kappa shape index (κ3) is 3.90. The molecule has 0 spiro atoms. The summed E-state index contributed by atoms with van der Waals surface area (Å²) < 4.78 is 5.15. The molecule has 5 heteroatoms. The summed E-state index contributed by atoms with van der Waals surface area (Å²) >= 11 is 0. The smallest absolute Gasteiger partial charge is 0.251 e. The Morgan fingerprint density at radius 1 is 1.43 bits per heavy atom. The Morgan fingerprint density at radius 3 is 2.76 bits per heavy atom. The molecule has 1 aliphatic rings. The molecule has 1 saturated heterocycles. The molecule has 0 bridgehead atoms.